The average molecular weight is 223 g/mol. The summed E-state index contributed by atoms with van der Waals surface area (Å²) in [5.74, 6) is 1.42. The van der Waals surface area contributed by atoms with E-state index in [1.807, 2.05) is 0 Å². The topological polar surface area (TPSA) is 66.4 Å². The molecule has 1 aliphatic rings. The molecule has 4 nitrogen and oxygen atoms in total. The van der Waals surface area contributed by atoms with Crippen LogP contribution in [0, 0.1) is 24.2 Å². The molecule has 0 unspecified atom stereocenters. The highest BCUT2D eigenvalue weighted by atomic mass is 16.4. The summed E-state index contributed by atoms with van der Waals surface area (Å²) in [5, 5.41) is 11.6. The number of hydrogen-bond acceptors (Lipinski definition) is 2. The maximum Gasteiger partial charge on any atom is 0.306 e. The summed E-state index contributed by atoms with van der Waals surface area (Å²) in [4.78, 5) is 22.3. The van der Waals surface area contributed by atoms with Crippen LogP contribution in [0.25, 0.3) is 0 Å². The van der Waals surface area contributed by atoms with E-state index in [0.717, 1.165) is 0 Å². The van der Waals surface area contributed by atoms with Gasteiger partial charge in [-0.2, -0.15) is 0 Å². The Labute approximate surface area is 95.4 Å². The molecule has 0 atom stereocenters. The van der Waals surface area contributed by atoms with Crippen LogP contribution in [-0.2, 0) is 9.59 Å². The summed E-state index contributed by atoms with van der Waals surface area (Å²) in [6.07, 6.45) is 8.15. The fraction of sp³-hybridized carbons (Fsp3) is 0.667. The minimum Gasteiger partial charge on any atom is -0.481 e. The molecule has 2 N–H and O–H groups in total. The Morgan fingerprint density at radius 3 is 2.31 bits per heavy atom. The predicted octanol–water partition coefficient (Wildman–Crippen LogP) is 1.02. The Morgan fingerprint density at radius 2 is 1.81 bits per heavy atom. The van der Waals surface area contributed by atoms with E-state index in [-0.39, 0.29) is 17.7 Å². The van der Waals surface area contributed by atoms with Gasteiger partial charge in [0, 0.05) is 18.9 Å². The van der Waals surface area contributed by atoms with Crippen LogP contribution in [0.1, 0.15) is 32.1 Å². The van der Waals surface area contributed by atoms with Crippen LogP contribution in [-0.4, -0.2) is 23.5 Å². The van der Waals surface area contributed by atoms with Crippen molar-refractivity contribution < 1.29 is 14.7 Å². The van der Waals surface area contributed by atoms with Gasteiger partial charge in [0.05, 0.1) is 5.92 Å². The normalized spacial score (nSPS) is 24.4. The first kappa shape index (κ1) is 12.6. The number of carboxylic acids is 1. The van der Waals surface area contributed by atoms with E-state index < -0.39 is 5.97 Å². The minimum atomic E-state index is -0.744. The highest BCUT2D eigenvalue weighted by Gasteiger charge is 2.29. The lowest BCUT2D eigenvalue weighted by molar-refractivity contribution is -0.144. The summed E-state index contributed by atoms with van der Waals surface area (Å²) in [6, 6.07) is 0. The standard InChI is InChI=1S/C12H17NO3/c1-2-3-8-13-11(14)9-4-6-10(7-5-9)12(15)16/h1,9-10H,3-8H2,(H,13,14)(H,15,16). The monoisotopic (exact) mass is 223 g/mol. The average Bonchev–Trinajstić information content (AvgIpc) is 2.29. The number of amides is 1. The van der Waals surface area contributed by atoms with E-state index in [0.29, 0.717) is 38.6 Å². The number of hydrogen-bond donors (Lipinski definition) is 2. The molecular formula is C12H17NO3. The molecule has 88 valence electrons. The quantitative estimate of drug-likeness (QED) is 0.552. The lowest BCUT2D eigenvalue weighted by Gasteiger charge is -2.25. The van der Waals surface area contributed by atoms with Gasteiger partial charge in [-0.3, -0.25) is 9.59 Å². The van der Waals surface area contributed by atoms with Gasteiger partial charge in [0.25, 0.3) is 0 Å². The molecule has 16 heavy (non-hydrogen) atoms. The van der Waals surface area contributed by atoms with Gasteiger partial charge in [0.2, 0.25) is 5.91 Å². The van der Waals surface area contributed by atoms with E-state index in [2.05, 4.69) is 11.2 Å². The summed E-state index contributed by atoms with van der Waals surface area (Å²) in [7, 11) is 0. The van der Waals surface area contributed by atoms with Gasteiger partial charge < -0.3 is 10.4 Å². The maximum absolute atomic E-state index is 11.6. The molecule has 1 aliphatic carbocycles. The van der Waals surface area contributed by atoms with E-state index in [1.165, 1.54) is 0 Å². The van der Waals surface area contributed by atoms with Crippen molar-refractivity contribution in [3.05, 3.63) is 0 Å². The Bertz CT molecular complexity index is 298. The molecule has 0 aliphatic heterocycles. The third-order valence-corrected chi connectivity index (χ3v) is 3.02. The number of aliphatic carboxylic acids is 1. The molecule has 0 radical (unpaired) electrons. The highest BCUT2D eigenvalue weighted by Crippen LogP contribution is 2.28. The first-order valence-electron chi connectivity index (χ1n) is 5.59. The van der Waals surface area contributed by atoms with Crippen LogP contribution in [0.3, 0.4) is 0 Å². The van der Waals surface area contributed by atoms with Crippen LogP contribution in [0.4, 0.5) is 0 Å². The van der Waals surface area contributed by atoms with Gasteiger partial charge in [0.15, 0.2) is 0 Å². The fourth-order valence-electron chi connectivity index (χ4n) is 2.00. The van der Waals surface area contributed by atoms with Gasteiger partial charge in [-0.15, -0.1) is 12.3 Å². The van der Waals surface area contributed by atoms with Crippen molar-refractivity contribution in [2.75, 3.05) is 6.54 Å². The fourth-order valence-corrected chi connectivity index (χ4v) is 2.00. The van der Waals surface area contributed by atoms with Crippen molar-refractivity contribution in [1.29, 1.82) is 0 Å². The summed E-state index contributed by atoms with van der Waals surface area (Å²) in [5.41, 5.74) is 0. The van der Waals surface area contributed by atoms with Crippen LogP contribution in [0.15, 0.2) is 0 Å². The number of carbonyl (C=O) groups is 2. The summed E-state index contributed by atoms with van der Waals surface area (Å²) < 4.78 is 0. The summed E-state index contributed by atoms with van der Waals surface area (Å²) in [6.45, 7) is 0.508. The smallest absolute Gasteiger partial charge is 0.306 e. The zero-order valence-corrected chi connectivity index (χ0v) is 9.24. The van der Waals surface area contributed by atoms with Crippen LogP contribution < -0.4 is 5.32 Å². The van der Waals surface area contributed by atoms with E-state index in [1.54, 1.807) is 0 Å². The molecule has 1 amide bonds. The number of carbonyl (C=O) groups excluding carboxylic acids is 1. The van der Waals surface area contributed by atoms with Gasteiger partial charge in [-0.25, -0.2) is 0 Å². The Kier molecular flexibility index (Phi) is 4.84. The predicted molar refractivity (Wildman–Crippen MR) is 59.5 cm³/mol. The zero-order chi connectivity index (χ0) is 12.0. The maximum atomic E-state index is 11.6. The first-order valence-corrected chi connectivity index (χ1v) is 5.59. The molecule has 0 aromatic rings. The zero-order valence-electron chi connectivity index (χ0n) is 9.24. The summed E-state index contributed by atoms with van der Waals surface area (Å²) >= 11 is 0. The molecule has 4 heteroatoms. The second kappa shape index (κ2) is 6.16. The molecule has 1 rings (SSSR count). The van der Waals surface area contributed by atoms with Crippen LogP contribution in [0.2, 0.25) is 0 Å². The molecule has 0 aromatic carbocycles. The molecule has 1 fully saturated rings. The Balaban J connectivity index is 2.28. The van der Waals surface area contributed by atoms with Crippen molar-refractivity contribution in [2.45, 2.75) is 32.1 Å². The minimum absolute atomic E-state index is 0.0130. The number of carboxylic acid groups (broad SMARTS) is 1. The van der Waals surface area contributed by atoms with Crippen molar-refractivity contribution in [3.63, 3.8) is 0 Å². The lowest BCUT2D eigenvalue weighted by atomic mass is 9.81. The highest BCUT2D eigenvalue weighted by molar-refractivity contribution is 5.79. The van der Waals surface area contributed by atoms with E-state index >= 15 is 0 Å². The van der Waals surface area contributed by atoms with Crippen LogP contribution >= 0.6 is 0 Å². The SMILES string of the molecule is C#CCCNC(=O)C1CCC(C(=O)O)CC1. The van der Waals surface area contributed by atoms with Crippen LogP contribution in [0.5, 0.6) is 0 Å². The van der Waals surface area contributed by atoms with Gasteiger partial charge in [-0.1, -0.05) is 0 Å². The Morgan fingerprint density at radius 1 is 1.25 bits per heavy atom. The second-order valence-corrected chi connectivity index (χ2v) is 4.13. The van der Waals surface area contributed by atoms with E-state index in [9.17, 15) is 9.59 Å². The van der Waals surface area contributed by atoms with Crippen molar-refractivity contribution >= 4 is 11.9 Å². The first-order chi connectivity index (χ1) is 7.65. The number of terminal acetylenes is 1. The molecule has 0 spiro atoms. The second-order valence-electron chi connectivity index (χ2n) is 4.13. The van der Waals surface area contributed by atoms with Crippen molar-refractivity contribution in [1.82, 2.24) is 5.32 Å². The lowest BCUT2D eigenvalue weighted by Crippen LogP contribution is -2.34. The third kappa shape index (κ3) is 3.58. The van der Waals surface area contributed by atoms with Gasteiger partial charge in [-0.05, 0) is 25.7 Å². The van der Waals surface area contributed by atoms with Gasteiger partial charge >= 0.3 is 5.97 Å². The molecule has 0 saturated heterocycles. The van der Waals surface area contributed by atoms with Crippen molar-refractivity contribution in [2.24, 2.45) is 11.8 Å². The third-order valence-electron chi connectivity index (χ3n) is 3.02. The molecule has 0 bridgehead atoms. The molecule has 0 heterocycles. The Hall–Kier alpha value is -1.50. The molecular weight excluding hydrogens is 206 g/mol. The molecule has 0 aromatic heterocycles. The van der Waals surface area contributed by atoms with E-state index in [4.69, 9.17) is 11.5 Å². The molecule has 1 saturated carbocycles. The van der Waals surface area contributed by atoms with Gasteiger partial charge in [0.1, 0.15) is 0 Å². The number of nitrogens with one attached hydrogen (secondary N) is 1. The largest absolute Gasteiger partial charge is 0.481 e. The van der Waals surface area contributed by atoms with Crippen molar-refractivity contribution in [3.8, 4) is 12.3 Å². The number of rotatable bonds is 4.